The van der Waals surface area contributed by atoms with E-state index in [1.165, 1.54) is 12.1 Å². The summed E-state index contributed by atoms with van der Waals surface area (Å²) in [6, 6.07) is 5.73. The van der Waals surface area contributed by atoms with E-state index in [-0.39, 0.29) is 17.9 Å². The van der Waals surface area contributed by atoms with E-state index in [2.05, 4.69) is 5.32 Å². The van der Waals surface area contributed by atoms with Gasteiger partial charge in [-0.05, 0) is 49.9 Å². The van der Waals surface area contributed by atoms with Gasteiger partial charge in [0, 0.05) is 24.8 Å². The number of hydrogen-bond donors (Lipinski definition) is 2. The molecule has 0 aromatic heterocycles. The summed E-state index contributed by atoms with van der Waals surface area (Å²) in [6.07, 6.45) is 2.04. The Morgan fingerprint density at radius 2 is 2.16 bits per heavy atom. The molecule has 19 heavy (non-hydrogen) atoms. The predicted molar refractivity (Wildman–Crippen MR) is 73.4 cm³/mol. The van der Waals surface area contributed by atoms with Crippen molar-refractivity contribution in [2.75, 3.05) is 18.4 Å². The summed E-state index contributed by atoms with van der Waals surface area (Å²) in [7, 11) is 0. The first-order chi connectivity index (χ1) is 9.06. The number of urea groups is 1. The average Bonchev–Trinajstić information content (AvgIpc) is 2.41. The molecule has 1 aromatic carbocycles. The standard InChI is InChI=1S/C14H20FN3O/c1-10(16)11-3-2-8-18(9-11)14(19)17-13-6-4-12(15)5-7-13/h4-7,10-11H,2-3,8-9,16H2,1H3,(H,17,19). The number of likely N-dealkylation sites (tertiary alicyclic amines) is 1. The maximum absolute atomic E-state index is 12.8. The van der Waals surface area contributed by atoms with Crippen molar-refractivity contribution in [2.45, 2.75) is 25.8 Å². The first-order valence-corrected chi connectivity index (χ1v) is 6.63. The SMILES string of the molecule is CC(N)C1CCCN(C(=O)Nc2ccc(F)cc2)C1. The molecule has 2 amide bonds. The number of amides is 2. The van der Waals surface area contributed by atoms with Gasteiger partial charge in [-0.2, -0.15) is 0 Å². The lowest BCUT2D eigenvalue weighted by molar-refractivity contribution is 0.169. The third-order valence-electron chi connectivity index (χ3n) is 3.58. The highest BCUT2D eigenvalue weighted by Crippen LogP contribution is 2.19. The van der Waals surface area contributed by atoms with Crippen molar-refractivity contribution < 1.29 is 9.18 Å². The van der Waals surface area contributed by atoms with Crippen LogP contribution >= 0.6 is 0 Å². The topological polar surface area (TPSA) is 58.4 Å². The molecule has 2 atom stereocenters. The Morgan fingerprint density at radius 1 is 1.47 bits per heavy atom. The molecule has 1 heterocycles. The molecule has 0 saturated carbocycles. The van der Waals surface area contributed by atoms with Gasteiger partial charge < -0.3 is 16.0 Å². The second-order valence-electron chi connectivity index (χ2n) is 5.14. The normalized spacial score (nSPS) is 21.0. The number of hydrogen-bond acceptors (Lipinski definition) is 2. The fourth-order valence-corrected chi connectivity index (χ4v) is 2.36. The molecular weight excluding hydrogens is 245 g/mol. The number of nitrogens with one attached hydrogen (secondary N) is 1. The van der Waals surface area contributed by atoms with Crippen LogP contribution in [0.1, 0.15) is 19.8 Å². The van der Waals surface area contributed by atoms with Gasteiger partial charge in [0.1, 0.15) is 5.82 Å². The van der Waals surface area contributed by atoms with Gasteiger partial charge in [-0.3, -0.25) is 0 Å². The van der Waals surface area contributed by atoms with Crippen molar-refractivity contribution in [3.8, 4) is 0 Å². The molecule has 2 rings (SSSR count). The summed E-state index contributed by atoms with van der Waals surface area (Å²) in [4.78, 5) is 13.9. The zero-order valence-electron chi connectivity index (χ0n) is 11.1. The molecule has 104 valence electrons. The molecule has 5 heteroatoms. The smallest absolute Gasteiger partial charge is 0.321 e. The van der Waals surface area contributed by atoms with E-state index in [1.54, 1.807) is 17.0 Å². The largest absolute Gasteiger partial charge is 0.328 e. The van der Waals surface area contributed by atoms with Crippen LogP contribution in [0.15, 0.2) is 24.3 Å². The van der Waals surface area contributed by atoms with Crippen molar-refractivity contribution >= 4 is 11.7 Å². The Kier molecular flexibility index (Phi) is 4.37. The Morgan fingerprint density at radius 3 is 2.79 bits per heavy atom. The van der Waals surface area contributed by atoms with Crippen LogP contribution in [0.4, 0.5) is 14.9 Å². The fourth-order valence-electron chi connectivity index (χ4n) is 2.36. The molecule has 1 saturated heterocycles. The highest BCUT2D eigenvalue weighted by Gasteiger charge is 2.25. The van der Waals surface area contributed by atoms with E-state index in [0.717, 1.165) is 19.4 Å². The van der Waals surface area contributed by atoms with Crippen molar-refractivity contribution in [1.82, 2.24) is 4.90 Å². The number of rotatable bonds is 2. The van der Waals surface area contributed by atoms with Crippen LogP contribution in [-0.2, 0) is 0 Å². The van der Waals surface area contributed by atoms with E-state index in [0.29, 0.717) is 18.2 Å². The third-order valence-corrected chi connectivity index (χ3v) is 3.58. The third kappa shape index (κ3) is 3.67. The van der Waals surface area contributed by atoms with Crippen LogP contribution in [0.3, 0.4) is 0 Å². The minimum atomic E-state index is -0.312. The number of benzene rings is 1. The summed E-state index contributed by atoms with van der Waals surface area (Å²) in [5.74, 6) is 0.0423. The zero-order valence-corrected chi connectivity index (χ0v) is 11.1. The molecule has 4 nitrogen and oxygen atoms in total. The molecule has 0 spiro atoms. The number of piperidine rings is 1. The van der Waals surface area contributed by atoms with Crippen LogP contribution in [0.2, 0.25) is 0 Å². The molecule has 0 radical (unpaired) electrons. The molecule has 1 fully saturated rings. The summed E-state index contributed by atoms with van der Waals surface area (Å²) in [5.41, 5.74) is 6.50. The average molecular weight is 265 g/mol. The van der Waals surface area contributed by atoms with Gasteiger partial charge in [0.25, 0.3) is 0 Å². The predicted octanol–water partition coefficient (Wildman–Crippen LogP) is 2.42. The van der Waals surface area contributed by atoms with Gasteiger partial charge in [0.15, 0.2) is 0 Å². The minimum absolute atomic E-state index is 0.0985. The molecular formula is C14H20FN3O. The van der Waals surface area contributed by atoms with E-state index in [4.69, 9.17) is 5.73 Å². The second-order valence-corrected chi connectivity index (χ2v) is 5.14. The van der Waals surface area contributed by atoms with Crippen molar-refractivity contribution in [2.24, 2.45) is 11.7 Å². The van der Waals surface area contributed by atoms with Crippen molar-refractivity contribution in [3.63, 3.8) is 0 Å². The van der Waals surface area contributed by atoms with E-state index in [1.807, 2.05) is 6.92 Å². The lowest BCUT2D eigenvalue weighted by Crippen LogP contribution is -2.46. The molecule has 3 N–H and O–H groups in total. The first-order valence-electron chi connectivity index (χ1n) is 6.63. The molecule has 1 aliphatic heterocycles. The maximum atomic E-state index is 12.8. The van der Waals surface area contributed by atoms with E-state index < -0.39 is 0 Å². The van der Waals surface area contributed by atoms with Gasteiger partial charge in [-0.1, -0.05) is 0 Å². The van der Waals surface area contributed by atoms with Gasteiger partial charge in [-0.15, -0.1) is 0 Å². The van der Waals surface area contributed by atoms with Crippen molar-refractivity contribution in [3.05, 3.63) is 30.1 Å². The summed E-state index contributed by atoms with van der Waals surface area (Å²) in [5, 5.41) is 2.78. The lowest BCUT2D eigenvalue weighted by Gasteiger charge is -2.34. The monoisotopic (exact) mass is 265 g/mol. The summed E-state index contributed by atoms with van der Waals surface area (Å²) < 4.78 is 12.8. The number of anilines is 1. The highest BCUT2D eigenvalue weighted by molar-refractivity contribution is 5.89. The van der Waals surface area contributed by atoms with E-state index >= 15 is 0 Å². The Bertz CT molecular complexity index is 433. The van der Waals surface area contributed by atoms with Gasteiger partial charge in [0.05, 0.1) is 0 Å². The van der Waals surface area contributed by atoms with Crippen LogP contribution in [0, 0.1) is 11.7 Å². The number of nitrogens with zero attached hydrogens (tertiary/aromatic N) is 1. The number of nitrogens with two attached hydrogens (primary N) is 1. The molecule has 0 aliphatic carbocycles. The Labute approximate surface area is 112 Å². The Hall–Kier alpha value is -1.62. The number of carbonyl (C=O) groups excluding carboxylic acids is 1. The molecule has 2 unspecified atom stereocenters. The fraction of sp³-hybridized carbons (Fsp3) is 0.500. The van der Waals surface area contributed by atoms with Gasteiger partial charge in [-0.25, -0.2) is 9.18 Å². The molecule has 1 aromatic rings. The number of carbonyl (C=O) groups is 1. The van der Waals surface area contributed by atoms with Crippen LogP contribution in [0.25, 0.3) is 0 Å². The van der Waals surface area contributed by atoms with Crippen LogP contribution in [0.5, 0.6) is 0 Å². The summed E-state index contributed by atoms with van der Waals surface area (Å²) in [6.45, 7) is 3.41. The van der Waals surface area contributed by atoms with Crippen molar-refractivity contribution in [1.29, 1.82) is 0 Å². The quantitative estimate of drug-likeness (QED) is 0.862. The van der Waals surface area contributed by atoms with Gasteiger partial charge in [0.2, 0.25) is 0 Å². The Balaban J connectivity index is 1.94. The minimum Gasteiger partial charge on any atom is -0.328 e. The maximum Gasteiger partial charge on any atom is 0.321 e. The molecule has 0 bridgehead atoms. The summed E-state index contributed by atoms with van der Waals surface area (Å²) >= 11 is 0. The number of halogens is 1. The lowest BCUT2D eigenvalue weighted by atomic mass is 9.92. The van der Waals surface area contributed by atoms with Crippen LogP contribution in [-0.4, -0.2) is 30.1 Å². The zero-order chi connectivity index (χ0) is 13.8. The van der Waals surface area contributed by atoms with E-state index in [9.17, 15) is 9.18 Å². The highest BCUT2D eigenvalue weighted by atomic mass is 19.1. The molecule has 1 aliphatic rings. The van der Waals surface area contributed by atoms with Gasteiger partial charge >= 0.3 is 6.03 Å². The first kappa shape index (κ1) is 13.8. The van der Waals surface area contributed by atoms with Crippen LogP contribution < -0.4 is 11.1 Å². The second kappa shape index (κ2) is 6.02.